The van der Waals surface area contributed by atoms with Crippen molar-refractivity contribution in [1.29, 1.82) is 0 Å². The molecule has 7 nitrogen and oxygen atoms in total. The number of aromatic nitrogens is 1. The number of nitrogens with zero attached hydrogens (tertiary/aromatic N) is 2. The quantitative estimate of drug-likeness (QED) is 0.343. The molecule has 1 aromatic heterocycles. The van der Waals surface area contributed by atoms with Gasteiger partial charge in [0.15, 0.2) is 0 Å². The van der Waals surface area contributed by atoms with E-state index in [4.69, 9.17) is 9.47 Å². The van der Waals surface area contributed by atoms with E-state index in [1.165, 1.54) is 0 Å². The molecular formula is C25H28N2O5S. The van der Waals surface area contributed by atoms with Crippen molar-refractivity contribution in [3.8, 4) is 5.75 Å². The molecule has 0 bridgehead atoms. The van der Waals surface area contributed by atoms with Crippen molar-refractivity contribution in [3.63, 3.8) is 0 Å². The van der Waals surface area contributed by atoms with E-state index < -0.39 is 18.0 Å². The number of ether oxygens (including phenoxy) is 2. The molecule has 4 atom stereocenters. The van der Waals surface area contributed by atoms with Crippen LogP contribution in [0.1, 0.15) is 25.8 Å². The van der Waals surface area contributed by atoms with Crippen LogP contribution >= 0.6 is 11.8 Å². The first-order valence-electron chi connectivity index (χ1n) is 11.0. The zero-order valence-electron chi connectivity index (χ0n) is 18.9. The molecule has 33 heavy (non-hydrogen) atoms. The molecule has 0 saturated carbocycles. The van der Waals surface area contributed by atoms with Gasteiger partial charge in [0.2, 0.25) is 5.91 Å². The Morgan fingerprint density at radius 2 is 1.91 bits per heavy atom. The zero-order valence-corrected chi connectivity index (χ0v) is 19.7. The lowest BCUT2D eigenvalue weighted by atomic mass is 9.76. The summed E-state index contributed by atoms with van der Waals surface area (Å²) in [6, 6.07) is 10.9. The molecule has 1 saturated heterocycles. The smallest absolute Gasteiger partial charge is 0.355 e. The van der Waals surface area contributed by atoms with Crippen LogP contribution in [0.15, 0.2) is 65.0 Å². The molecule has 2 aliphatic heterocycles. The SMILES string of the molecule is CCC1C(CSc2ccncc2)=C(C(=O)OCc2ccc(OC)cc2)N2C(=O)[C@H](C(C)O)[C@@H]12. The van der Waals surface area contributed by atoms with Crippen LogP contribution in [0.5, 0.6) is 5.75 Å². The van der Waals surface area contributed by atoms with Crippen molar-refractivity contribution in [2.45, 2.75) is 43.9 Å². The van der Waals surface area contributed by atoms with E-state index in [1.54, 1.807) is 43.1 Å². The highest BCUT2D eigenvalue weighted by Gasteiger charge is 2.60. The number of esters is 1. The number of rotatable bonds is 9. The van der Waals surface area contributed by atoms with Crippen LogP contribution in [0.4, 0.5) is 0 Å². The minimum atomic E-state index is -0.767. The van der Waals surface area contributed by atoms with Gasteiger partial charge in [-0.2, -0.15) is 0 Å². The highest BCUT2D eigenvalue weighted by atomic mass is 32.2. The van der Waals surface area contributed by atoms with Crippen LogP contribution in [0.3, 0.4) is 0 Å². The number of aliphatic hydroxyl groups excluding tert-OH is 1. The summed E-state index contributed by atoms with van der Waals surface area (Å²) in [4.78, 5) is 32.8. The summed E-state index contributed by atoms with van der Waals surface area (Å²) in [5.41, 5.74) is 2.07. The normalized spacial score (nSPS) is 22.6. The van der Waals surface area contributed by atoms with Crippen molar-refractivity contribution in [2.24, 2.45) is 11.8 Å². The van der Waals surface area contributed by atoms with E-state index in [1.807, 2.05) is 43.3 Å². The lowest BCUT2D eigenvalue weighted by Crippen LogP contribution is -2.63. The van der Waals surface area contributed by atoms with Crippen molar-refractivity contribution < 1.29 is 24.2 Å². The van der Waals surface area contributed by atoms with E-state index in [0.29, 0.717) is 11.4 Å². The Bertz CT molecular complexity index is 1040. The topological polar surface area (TPSA) is 89.0 Å². The third-order valence-electron chi connectivity index (χ3n) is 6.32. The Balaban J connectivity index is 1.58. The van der Waals surface area contributed by atoms with Crippen LogP contribution in [-0.2, 0) is 20.9 Å². The Morgan fingerprint density at radius 3 is 2.52 bits per heavy atom. The monoisotopic (exact) mass is 468 g/mol. The summed E-state index contributed by atoms with van der Waals surface area (Å²) in [6.07, 6.45) is 3.45. The average Bonchev–Trinajstić information content (AvgIpc) is 3.11. The summed E-state index contributed by atoms with van der Waals surface area (Å²) in [7, 11) is 1.60. The van der Waals surface area contributed by atoms with Gasteiger partial charge < -0.3 is 19.5 Å². The summed E-state index contributed by atoms with van der Waals surface area (Å²) in [5, 5.41) is 10.2. The third-order valence-corrected chi connectivity index (χ3v) is 7.38. The minimum absolute atomic E-state index is 0.000161. The fourth-order valence-corrected chi connectivity index (χ4v) is 5.66. The molecule has 2 unspecified atom stereocenters. The Hall–Kier alpha value is -2.84. The highest BCUT2D eigenvalue weighted by Crippen LogP contribution is 2.49. The molecule has 3 heterocycles. The second kappa shape index (κ2) is 9.97. The number of β-lactam (4-membered cyclic amide) rings is 1. The standard InChI is InChI=1S/C25H28N2O5S/c1-4-19-20(14-33-18-9-11-26-12-10-18)23(27-22(19)21(15(2)28)24(27)29)25(30)32-13-16-5-7-17(31-3)8-6-16/h5-12,15,19,21-22,28H,4,13-14H2,1-3H3/t15?,19?,21-,22-/m1/s1. The predicted molar refractivity (Wildman–Crippen MR) is 124 cm³/mol. The second-order valence-electron chi connectivity index (χ2n) is 8.25. The first-order chi connectivity index (χ1) is 16.0. The van der Waals surface area contributed by atoms with E-state index in [0.717, 1.165) is 28.2 Å². The Kier molecular flexibility index (Phi) is 7.05. The highest BCUT2D eigenvalue weighted by molar-refractivity contribution is 7.99. The number of pyridine rings is 1. The van der Waals surface area contributed by atoms with Gasteiger partial charge in [-0.05, 0) is 48.7 Å². The zero-order chi connectivity index (χ0) is 23.5. The van der Waals surface area contributed by atoms with E-state index in [9.17, 15) is 14.7 Å². The number of benzene rings is 1. The van der Waals surface area contributed by atoms with Crippen molar-refractivity contribution >= 4 is 23.6 Å². The molecule has 2 aromatic rings. The molecule has 4 rings (SSSR count). The molecular weight excluding hydrogens is 440 g/mol. The van der Waals surface area contributed by atoms with Gasteiger partial charge in [-0.15, -0.1) is 11.8 Å². The van der Waals surface area contributed by atoms with Crippen LogP contribution in [0.25, 0.3) is 0 Å². The van der Waals surface area contributed by atoms with Gasteiger partial charge in [-0.1, -0.05) is 19.1 Å². The fourth-order valence-electron chi connectivity index (χ4n) is 4.68. The molecule has 1 N–H and O–H groups in total. The number of fused-ring (bicyclic) bond motifs is 1. The van der Waals surface area contributed by atoms with Gasteiger partial charge >= 0.3 is 5.97 Å². The largest absolute Gasteiger partial charge is 0.497 e. The molecule has 0 spiro atoms. The minimum Gasteiger partial charge on any atom is -0.497 e. The number of carbonyl (C=O) groups is 2. The van der Waals surface area contributed by atoms with Gasteiger partial charge in [0, 0.05) is 29.0 Å². The number of amides is 1. The number of aliphatic hydroxyl groups is 1. The van der Waals surface area contributed by atoms with Gasteiger partial charge in [-0.3, -0.25) is 9.78 Å². The maximum Gasteiger partial charge on any atom is 0.355 e. The molecule has 0 radical (unpaired) electrons. The lowest BCUT2D eigenvalue weighted by molar-refractivity contribution is -0.164. The average molecular weight is 469 g/mol. The van der Waals surface area contributed by atoms with Crippen molar-refractivity contribution in [1.82, 2.24) is 9.88 Å². The van der Waals surface area contributed by atoms with Gasteiger partial charge in [-0.25, -0.2) is 4.79 Å². The number of methoxy groups -OCH3 is 1. The second-order valence-corrected chi connectivity index (χ2v) is 9.30. The summed E-state index contributed by atoms with van der Waals surface area (Å²) >= 11 is 1.60. The van der Waals surface area contributed by atoms with Gasteiger partial charge in [0.05, 0.1) is 25.2 Å². The summed E-state index contributed by atoms with van der Waals surface area (Å²) < 4.78 is 10.8. The summed E-state index contributed by atoms with van der Waals surface area (Å²) in [6.45, 7) is 3.78. The molecule has 1 aromatic carbocycles. The van der Waals surface area contributed by atoms with Crippen LogP contribution in [-0.4, -0.2) is 51.9 Å². The first-order valence-corrected chi connectivity index (χ1v) is 12.0. The maximum absolute atomic E-state index is 13.3. The maximum atomic E-state index is 13.3. The number of hydrogen-bond acceptors (Lipinski definition) is 7. The van der Waals surface area contributed by atoms with Crippen LogP contribution < -0.4 is 4.74 Å². The van der Waals surface area contributed by atoms with E-state index in [-0.39, 0.29) is 24.5 Å². The third kappa shape index (κ3) is 4.50. The Morgan fingerprint density at radius 1 is 1.21 bits per heavy atom. The van der Waals surface area contributed by atoms with Crippen molar-refractivity contribution in [3.05, 3.63) is 65.6 Å². The van der Waals surface area contributed by atoms with Crippen LogP contribution in [0.2, 0.25) is 0 Å². The lowest BCUT2D eigenvalue weighted by Gasteiger charge is -2.47. The van der Waals surface area contributed by atoms with E-state index >= 15 is 0 Å². The molecule has 1 fully saturated rings. The Labute approximate surface area is 197 Å². The van der Waals surface area contributed by atoms with E-state index in [2.05, 4.69) is 4.98 Å². The predicted octanol–water partition coefficient (Wildman–Crippen LogP) is 3.43. The molecule has 8 heteroatoms. The molecule has 1 amide bonds. The van der Waals surface area contributed by atoms with Gasteiger partial charge in [0.25, 0.3) is 0 Å². The van der Waals surface area contributed by atoms with Crippen LogP contribution in [0, 0.1) is 11.8 Å². The van der Waals surface area contributed by atoms with Gasteiger partial charge in [0.1, 0.15) is 18.1 Å². The number of hydrogen-bond donors (Lipinski definition) is 1. The number of thioether (sulfide) groups is 1. The fraction of sp³-hybridized carbons (Fsp3) is 0.400. The molecule has 0 aliphatic carbocycles. The van der Waals surface area contributed by atoms with Crippen molar-refractivity contribution in [2.75, 3.05) is 12.9 Å². The molecule has 2 aliphatic rings. The first kappa shape index (κ1) is 23.3. The molecule has 174 valence electrons. The summed E-state index contributed by atoms with van der Waals surface area (Å²) in [5.74, 6) is 0.0663. The number of carbonyl (C=O) groups excluding carboxylic acids is 2.